The van der Waals surface area contributed by atoms with Crippen molar-refractivity contribution < 1.29 is 4.79 Å². The van der Waals surface area contributed by atoms with E-state index in [2.05, 4.69) is 40.1 Å². The van der Waals surface area contributed by atoms with E-state index in [1.807, 2.05) is 47.9 Å². The summed E-state index contributed by atoms with van der Waals surface area (Å²) >= 11 is 0. The topological polar surface area (TPSA) is 77.2 Å². The quantitative estimate of drug-likeness (QED) is 0.397. The number of aromatic amines is 1. The first kappa shape index (κ1) is 28.4. The number of H-pyrrole nitrogens is 1. The molecule has 1 aromatic rings. The molecule has 3 N–H and O–H groups in total. The van der Waals surface area contributed by atoms with Gasteiger partial charge in [0.1, 0.15) is 0 Å². The van der Waals surface area contributed by atoms with Crippen LogP contribution in [0, 0.1) is 13.8 Å². The van der Waals surface area contributed by atoms with Crippen LogP contribution in [0.4, 0.5) is 0 Å². The van der Waals surface area contributed by atoms with Crippen molar-refractivity contribution in [2.24, 2.45) is 0 Å². The number of allylic oxidation sites excluding steroid dienone is 2. The Hall–Kier alpha value is -2.60. The standard InChI is InChI=1S/C25H37N3O2.C2H7N/c1-7-21(24(29)26-16-22-17(4)15-18(5)27-25(22)30)19(6)23(8-2)28(9-3)20-13-11-10-12-14-20;1-3-2/h7-8,15,20H,1,9-14,16H2,2-6H3,(H,26,29)(H,27,30);3H,1-2H3/b21-19+,23-8+;. The van der Waals surface area contributed by atoms with Gasteiger partial charge in [-0.2, -0.15) is 0 Å². The lowest BCUT2D eigenvalue weighted by molar-refractivity contribution is -0.117. The van der Waals surface area contributed by atoms with Gasteiger partial charge in [-0.1, -0.05) is 38.0 Å². The minimum Gasteiger partial charge on any atom is -0.369 e. The van der Waals surface area contributed by atoms with Crippen LogP contribution in [0.2, 0.25) is 0 Å². The number of carbonyl (C=O) groups is 1. The zero-order chi connectivity index (χ0) is 25.0. The van der Waals surface area contributed by atoms with Crippen molar-refractivity contribution in [3.8, 4) is 0 Å². The first-order valence-corrected chi connectivity index (χ1v) is 12.1. The lowest BCUT2D eigenvalue weighted by Gasteiger charge is -2.37. The molecule has 6 heteroatoms. The van der Waals surface area contributed by atoms with Crippen molar-refractivity contribution in [2.75, 3.05) is 20.6 Å². The molecule has 0 radical (unpaired) electrons. The Kier molecular flexibility index (Phi) is 12.5. The molecule has 1 amide bonds. The fourth-order valence-electron chi connectivity index (χ4n) is 4.53. The largest absolute Gasteiger partial charge is 0.369 e. The van der Waals surface area contributed by atoms with Gasteiger partial charge in [0.2, 0.25) is 0 Å². The molecule has 0 aliphatic heterocycles. The van der Waals surface area contributed by atoms with E-state index in [0.717, 1.165) is 29.1 Å². The van der Waals surface area contributed by atoms with Gasteiger partial charge < -0.3 is 20.5 Å². The number of hydrogen-bond donors (Lipinski definition) is 3. The minimum absolute atomic E-state index is 0.155. The molecule has 1 aliphatic rings. The molecule has 1 saturated carbocycles. The van der Waals surface area contributed by atoms with Crippen LogP contribution in [0.5, 0.6) is 0 Å². The van der Waals surface area contributed by atoms with E-state index in [-0.39, 0.29) is 18.0 Å². The SMILES string of the molecule is C=C/C(C(=O)NCc1c(C)cc(C)[nH]c1=O)=C(C)\C(=C/C)N(CC)C1CCCCC1.CNC. The second-order valence-corrected chi connectivity index (χ2v) is 8.62. The Morgan fingerprint density at radius 3 is 2.33 bits per heavy atom. The predicted octanol–water partition coefficient (Wildman–Crippen LogP) is 4.50. The number of hydrogen-bond acceptors (Lipinski definition) is 4. The van der Waals surface area contributed by atoms with Gasteiger partial charge in [0.15, 0.2) is 0 Å². The van der Waals surface area contributed by atoms with Crippen LogP contribution in [0.15, 0.2) is 46.4 Å². The molecule has 1 aliphatic carbocycles. The molecule has 1 aromatic heterocycles. The molecule has 1 fully saturated rings. The van der Waals surface area contributed by atoms with Crippen LogP contribution >= 0.6 is 0 Å². The van der Waals surface area contributed by atoms with Crippen molar-refractivity contribution in [1.29, 1.82) is 0 Å². The van der Waals surface area contributed by atoms with E-state index in [1.54, 1.807) is 6.08 Å². The number of rotatable bonds is 8. The van der Waals surface area contributed by atoms with E-state index >= 15 is 0 Å². The number of nitrogens with one attached hydrogen (secondary N) is 3. The lowest BCUT2D eigenvalue weighted by Crippen LogP contribution is -2.37. The van der Waals surface area contributed by atoms with Gasteiger partial charge in [0.05, 0.1) is 0 Å². The van der Waals surface area contributed by atoms with E-state index in [9.17, 15) is 9.59 Å². The number of carbonyl (C=O) groups excluding carboxylic acids is 1. The smallest absolute Gasteiger partial charge is 0.253 e. The van der Waals surface area contributed by atoms with Crippen molar-refractivity contribution >= 4 is 5.91 Å². The predicted molar refractivity (Wildman–Crippen MR) is 139 cm³/mol. The van der Waals surface area contributed by atoms with E-state index < -0.39 is 0 Å². The molecule has 0 bridgehead atoms. The van der Waals surface area contributed by atoms with Crippen molar-refractivity contribution in [3.63, 3.8) is 0 Å². The molecule has 0 unspecified atom stereocenters. The molecule has 184 valence electrons. The fourth-order valence-corrected chi connectivity index (χ4v) is 4.53. The second kappa shape index (κ2) is 14.5. The van der Waals surface area contributed by atoms with Crippen LogP contribution < -0.4 is 16.2 Å². The third-order valence-corrected chi connectivity index (χ3v) is 6.10. The van der Waals surface area contributed by atoms with Crippen LogP contribution in [0.3, 0.4) is 0 Å². The maximum Gasteiger partial charge on any atom is 0.253 e. The number of nitrogens with zero attached hydrogens (tertiary/aromatic N) is 1. The highest BCUT2D eigenvalue weighted by molar-refractivity contribution is 5.97. The highest BCUT2D eigenvalue weighted by Crippen LogP contribution is 2.29. The molecule has 0 spiro atoms. The van der Waals surface area contributed by atoms with Gasteiger partial charge in [-0.05, 0) is 78.8 Å². The summed E-state index contributed by atoms with van der Waals surface area (Å²) < 4.78 is 0. The van der Waals surface area contributed by atoms with Gasteiger partial charge >= 0.3 is 0 Å². The summed E-state index contributed by atoms with van der Waals surface area (Å²) in [5.41, 5.74) is 4.69. The summed E-state index contributed by atoms with van der Waals surface area (Å²) in [6.07, 6.45) is 9.95. The summed E-state index contributed by atoms with van der Waals surface area (Å²) in [6, 6.07) is 2.44. The Balaban J connectivity index is 0.00000172. The van der Waals surface area contributed by atoms with E-state index in [1.165, 1.54) is 32.1 Å². The highest BCUT2D eigenvalue weighted by atomic mass is 16.2. The van der Waals surface area contributed by atoms with Crippen molar-refractivity contribution in [1.82, 2.24) is 20.5 Å². The van der Waals surface area contributed by atoms with Gasteiger partial charge in [0.25, 0.3) is 11.5 Å². The Morgan fingerprint density at radius 2 is 1.85 bits per heavy atom. The molecule has 33 heavy (non-hydrogen) atoms. The summed E-state index contributed by atoms with van der Waals surface area (Å²) in [5.74, 6) is -0.207. The van der Waals surface area contributed by atoms with Crippen LogP contribution in [-0.2, 0) is 11.3 Å². The molecule has 0 aromatic carbocycles. The van der Waals surface area contributed by atoms with Gasteiger partial charge in [0, 0.05) is 41.7 Å². The Morgan fingerprint density at radius 1 is 1.24 bits per heavy atom. The molecule has 0 atom stereocenters. The summed E-state index contributed by atoms with van der Waals surface area (Å²) in [5, 5.41) is 5.66. The van der Waals surface area contributed by atoms with Gasteiger partial charge in [-0.3, -0.25) is 9.59 Å². The molecular weight excluding hydrogens is 412 g/mol. The number of aryl methyl sites for hydroxylation is 2. The van der Waals surface area contributed by atoms with E-state index in [4.69, 9.17) is 0 Å². The van der Waals surface area contributed by atoms with Crippen LogP contribution in [0.25, 0.3) is 0 Å². The van der Waals surface area contributed by atoms with Crippen molar-refractivity contribution in [2.45, 2.75) is 79.3 Å². The van der Waals surface area contributed by atoms with Crippen LogP contribution in [-0.4, -0.2) is 42.5 Å². The van der Waals surface area contributed by atoms with E-state index in [0.29, 0.717) is 17.2 Å². The first-order chi connectivity index (χ1) is 15.7. The fraction of sp³-hybridized carbons (Fsp3) is 0.556. The average Bonchev–Trinajstić information content (AvgIpc) is 2.78. The maximum absolute atomic E-state index is 13.0. The summed E-state index contributed by atoms with van der Waals surface area (Å²) in [6.45, 7) is 14.9. The minimum atomic E-state index is -0.207. The molecule has 2 rings (SSSR count). The second-order valence-electron chi connectivity index (χ2n) is 8.62. The van der Waals surface area contributed by atoms with Gasteiger partial charge in [-0.25, -0.2) is 0 Å². The van der Waals surface area contributed by atoms with Gasteiger partial charge in [-0.15, -0.1) is 0 Å². The zero-order valence-corrected chi connectivity index (χ0v) is 21.7. The summed E-state index contributed by atoms with van der Waals surface area (Å²) in [4.78, 5) is 30.5. The average molecular weight is 457 g/mol. The third-order valence-electron chi connectivity index (χ3n) is 6.10. The molecule has 6 nitrogen and oxygen atoms in total. The first-order valence-electron chi connectivity index (χ1n) is 12.1. The normalized spacial score (nSPS) is 15.2. The maximum atomic E-state index is 13.0. The third kappa shape index (κ3) is 8.04. The molecule has 0 saturated heterocycles. The highest BCUT2D eigenvalue weighted by Gasteiger charge is 2.24. The molecular formula is C27H44N4O2. The number of likely N-dealkylation sites (N-methyl/N-ethyl adjacent to an activating group) is 1. The number of aromatic nitrogens is 1. The Labute approximate surface area is 200 Å². The lowest BCUT2D eigenvalue weighted by atomic mass is 9.92. The monoisotopic (exact) mass is 456 g/mol. The summed E-state index contributed by atoms with van der Waals surface area (Å²) in [7, 11) is 3.75. The molecule has 1 heterocycles. The van der Waals surface area contributed by atoms with Crippen molar-refractivity contribution in [3.05, 3.63) is 68.8 Å². The van der Waals surface area contributed by atoms with Crippen LogP contribution in [0.1, 0.15) is 69.7 Å². The zero-order valence-electron chi connectivity index (χ0n) is 21.7. The Bertz CT molecular complexity index is 905. The number of amides is 1. The number of pyridine rings is 1.